The summed E-state index contributed by atoms with van der Waals surface area (Å²) < 4.78 is 13.6. The summed E-state index contributed by atoms with van der Waals surface area (Å²) in [6.07, 6.45) is 0.851. The minimum absolute atomic E-state index is 0. The fraction of sp³-hybridized carbons (Fsp3) is 0.318. The first-order valence-corrected chi connectivity index (χ1v) is 10.6. The molecule has 0 aliphatic rings. The quantitative estimate of drug-likeness (QED) is 0.401. The Bertz CT molecular complexity index is 891. The van der Waals surface area contributed by atoms with Crippen LogP contribution in [0.2, 0.25) is 0 Å². The summed E-state index contributed by atoms with van der Waals surface area (Å²) >= 11 is 0. The third kappa shape index (κ3) is 5.42. The third-order valence-corrected chi connectivity index (χ3v) is 7.06. The van der Waals surface area contributed by atoms with Gasteiger partial charge in [-0.15, -0.1) is 0 Å². The van der Waals surface area contributed by atoms with Crippen LogP contribution in [-0.2, 0) is 9.36 Å². The Hall–Kier alpha value is -1.36. The van der Waals surface area contributed by atoms with Gasteiger partial charge in [-0.3, -0.25) is 15.9 Å². The van der Waals surface area contributed by atoms with Crippen LogP contribution in [0.15, 0.2) is 24.3 Å². The second-order valence-electron chi connectivity index (χ2n) is 7.20. The number of aryl methyl sites for hydroxylation is 6. The maximum atomic E-state index is 13.6. The Morgan fingerprint density at radius 1 is 0.759 bits per heavy atom. The summed E-state index contributed by atoms with van der Waals surface area (Å²) in [6.45, 7) is 10.8. The number of rotatable bonds is 6. The fourth-order valence-corrected chi connectivity index (χ4v) is 5.80. The van der Waals surface area contributed by atoms with Gasteiger partial charge in [-0.05, 0) is 63.8 Å². The van der Waals surface area contributed by atoms with Crippen molar-refractivity contribution in [2.24, 2.45) is 0 Å². The van der Waals surface area contributed by atoms with E-state index in [2.05, 4.69) is 0 Å². The molecule has 0 amide bonds. The maximum absolute atomic E-state index is 13.6. The molecule has 0 fully saturated rings. The molecular weight excluding hydrogens is 398 g/mol. The molecule has 0 saturated carbocycles. The van der Waals surface area contributed by atoms with Crippen LogP contribution in [0.5, 0.6) is 0 Å². The van der Waals surface area contributed by atoms with Gasteiger partial charge in [0.25, 0.3) is 0 Å². The van der Waals surface area contributed by atoms with E-state index in [1.165, 1.54) is 0 Å². The number of carbonyl (C=O) groups is 2. The minimum atomic E-state index is -4.18. The number of benzene rings is 2. The number of hydrogen-bond acceptors (Lipinski definition) is 5. The second-order valence-corrected chi connectivity index (χ2v) is 9.81. The normalized spacial score (nSPS) is 10.6. The Morgan fingerprint density at radius 2 is 1.03 bits per heavy atom. The molecule has 0 saturated heterocycles. The zero-order chi connectivity index (χ0) is 20.5. The van der Waals surface area contributed by atoms with Crippen molar-refractivity contribution in [1.82, 2.24) is 0 Å². The van der Waals surface area contributed by atoms with Crippen LogP contribution < -0.4 is 29.6 Å². The second kappa shape index (κ2) is 10.6. The van der Waals surface area contributed by atoms with Gasteiger partial charge in [-0.25, -0.2) is 0 Å². The van der Waals surface area contributed by atoms with Crippen molar-refractivity contribution < 1.29 is 54.0 Å². The standard InChI is InChI=1S/C22H24O4P.Na.H2O/c1-13-9-15(3)19(16(4)10-13)21(24)27(26,8-7-23)22(25)20-17(5)11-14(2)12-18(20)6;;/h9-12H,8H2,1-6H3;;1H2/q-1;+1;/p-1. The van der Waals surface area contributed by atoms with Crippen molar-refractivity contribution in [1.29, 1.82) is 0 Å². The van der Waals surface area contributed by atoms with Gasteiger partial charge in [-0.2, -0.15) is 0 Å². The van der Waals surface area contributed by atoms with Gasteiger partial charge in [0.05, 0.1) is 0 Å². The predicted molar refractivity (Wildman–Crippen MR) is 110 cm³/mol. The van der Waals surface area contributed by atoms with E-state index >= 15 is 0 Å². The van der Waals surface area contributed by atoms with Gasteiger partial charge in [0.1, 0.15) is 0 Å². The largest absolute Gasteiger partial charge is 1.00 e. The van der Waals surface area contributed by atoms with Gasteiger partial charge in [0, 0.05) is 11.1 Å². The summed E-state index contributed by atoms with van der Waals surface area (Å²) in [6, 6.07) is 7.23. The summed E-state index contributed by atoms with van der Waals surface area (Å²) in [5.41, 5.74) is 3.52. The molecule has 0 bridgehead atoms. The van der Waals surface area contributed by atoms with E-state index in [-0.39, 0.29) is 46.2 Å². The molecule has 2 rings (SSSR count). The van der Waals surface area contributed by atoms with E-state index in [9.17, 15) is 18.9 Å². The van der Waals surface area contributed by atoms with Crippen molar-refractivity contribution in [3.05, 3.63) is 68.8 Å². The zero-order valence-electron chi connectivity index (χ0n) is 18.0. The molecule has 0 heterocycles. The Labute approximate surface area is 194 Å². The van der Waals surface area contributed by atoms with Gasteiger partial charge in [-0.1, -0.05) is 41.6 Å². The van der Waals surface area contributed by atoms with E-state index in [1.807, 2.05) is 38.1 Å². The predicted octanol–water partition coefficient (Wildman–Crippen LogP) is 1.82. The molecule has 5 nitrogen and oxygen atoms in total. The molecule has 0 atom stereocenters. The van der Waals surface area contributed by atoms with E-state index in [0.29, 0.717) is 22.3 Å². The summed E-state index contributed by atoms with van der Waals surface area (Å²) in [5.74, 6) is 0. The molecular formula is C22H25NaO5P-. The van der Waals surface area contributed by atoms with E-state index in [1.54, 1.807) is 34.0 Å². The Morgan fingerprint density at radius 3 is 1.28 bits per heavy atom. The van der Waals surface area contributed by atoms with Crippen molar-refractivity contribution in [2.45, 2.75) is 41.5 Å². The molecule has 7 heteroatoms. The van der Waals surface area contributed by atoms with Gasteiger partial charge in [0.2, 0.25) is 11.0 Å². The fourth-order valence-electron chi connectivity index (χ4n) is 3.72. The van der Waals surface area contributed by atoms with Gasteiger partial charge < -0.3 is 14.8 Å². The minimum Gasteiger partial charge on any atom is -0.870 e. The van der Waals surface area contributed by atoms with E-state index < -0.39 is 24.4 Å². The molecule has 2 aromatic carbocycles. The SMILES string of the molecule is Cc1cc(C)c(C(=O)P(=O)(C[C-]=O)C(=O)c2c(C)cc(C)cc2C)c(C)c1.[Na+].[OH-]. The third-order valence-electron chi connectivity index (χ3n) is 4.73. The van der Waals surface area contributed by atoms with Crippen LogP contribution >= 0.6 is 7.14 Å². The first-order valence-electron chi connectivity index (χ1n) is 8.72. The van der Waals surface area contributed by atoms with Crippen LogP contribution in [0.3, 0.4) is 0 Å². The molecule has 150 valence electrons. The molecule has 0 spiro atoms. The first-order chi connectivity index (χ1) is 12.5. The molecule has 0 radical (unpaired) electrons. The Kier molecular flexibility index (Phi) is 10.1. The zero-order valence-corrected chi connectivity index (χ0v) is 20.9. The summed E-state index contributed by atoms with van der Waals surface area (Å²) in [5, 5.41) is 0. The first kappa shape index (κ1) is 27.6. The summed E-state index contributed by atoms with van der Waals surface area (Å²) in [7, 11) is -4.18. The smallest absolute Gasteiger partial charge is 0.870 e. The van der Waals surface area contributed by atoms with Crippen molar-refractivity contribution in [2.75, 3.05) is 6.16 Å². The maximum Gasteiger partial charge on any atom is 1.00 e. The van der Waals surface area contributed by atoms with E-state index in [0.717, 1.165) is 11.1 Å². The molecule has 0 aliphatic heterocycles. The van der Waals surface area contributed by atoms with Gasteiger partial charge in [0.15, 0.2) is 7.14 Å². The van der Waals surface area contributed by atoms with Crippen LogP contribution in [0.1, 0.15) is 54.1 Å². The molecule has 29 heavy (non-hydrogen) atoms. The van der Waals surface area contributed by atoms with Crippen molar-refractivity contribution in [3.63, 3.8) is 0 Å². The molecule has 2 aromatic rings. The molecule has 0 aromatic heterocycles. The monoisotopic (exact) mass is 423 g/mol. The molecule has 0 aliphatic carbocycles. The average molecular weight is 423 g/mol. The number of carbonyl (C=O) groups excluding carboxylic acids is 3. The van der Waals surface area contributed by atoms with Crippen molar-refractivity contribution >= 4 is 24.5 Å². The van der Waals surface area contributed by atoms with Gasteiger partial charge >= 0.3 is 29.6 Å². The van der Waals surface area contributed by atoms with Crippen LogP contribution in [0, 0.1) is 41.5 Å². The average Bonchev–Trinajstić information content (AvgIpc) is 2.52. The van der Waals surface area contributed by atoms with Crippen LogP contribution in [-0.4, -0.2) is 29.0 Å². The molecule has 1 N–H and O–H groups in total. The van der Waals surface area contributed by atoms with Crippen LogP contribution in [0.25, 0.3) is 0 Å². The topological polar surface area (TPSA) is 98.3 Å². The van der Waals surface area contributed by atoms with E-state index in [4.69, 9.17) is 0 Å². The summed E-state index contributed by atoms with van der Waals surface area (Å²) in [4.78, 5) is 37.6. The van der Waals surface area contributed by atoms with Crippen molar-refractivity contribution in [3.8, 4) is 0 Å². The van der Waals surface area contributed by atoms with Crippen LogP contribution in [0.4, 0.5) is 0 Å². The Balaban J connectivity index is 0.00000392. The number of hydrogen-bond donors (Lipinski definition) is 0. The molecule has 0 unspecified atom stereocenters.